The van der Waals surface area contributed by atoms with Gasteiger partial charge in [-0.15, -0.1) is 0 Å². The van der Waals surface area contributed by atoms with Crippen molar-refractivity contribution < 1.29 is 9.53 Å². The highest BCUT2D eigenvalue weighted by Crippen LogP contribution is 2.13. The fourth-order valence-electron chi connectivity index (χ4n) is 1.90. The van der Waals surface area contributed by atoms with Crippen LogP contribution in [-0.2, 0) is 11.3 Å². The summed E-state index contributed by atoms with van der Waals surface area (Å²) in [6.07, 6.45) is 0. The Bertz CT molecular complexity index is 773. The summed E-state index contributed by atoms with van der Waals surface area (Å²) in [5.74, 6) is -0.569. The third-order valence-corrected chi connectivity index (χ3v) is 2.88. The molecule has 2 aromatic heterocycles. The van der Waals surface area contributed by atoms with E-state index in [-0.39, 0.29) is 16.6 Å². The number of nitrogens with one attached hydrogen (secondary N) is 1. The second-order valence-corrected chi connectivity index (χ2v) is 3.99. The molecule has 100 valence electrons. The van der Waals surface area contributed by atoms with Crippen molar-refractivity contribution in [3.05, 3.63) is 38.2 Å². The minimum Gasteiger partial charge on any atom is -0.465 e. The van der Waals surface area contributed by atoms with Crippen LogP contribution in [0.25, 0.3) is 11.0 Å². The molecule has 0 aliphatic carbocycles. The van der Waals surface area contributed by atoms with Crippen molar-refractivity contribution in [2.75, 3.05) is 7.11 Å². The predicted molar refractivity (Wildman–Crippen MR) is 68.4 cm³/mol. The average molecular weight is 263 g/mol. The SMILES string of the molecule is CCn1c(=O)[nH]c(=O)c2cc(C(=O)OC)c(C)nc21. The molecule has 0 bridgehead atoms. The Morgan fingerprint density at radius 3 is 2.74 bits per heavy atom. The number of aromatic nitrogens is 3. The molecule has 0 saturated heterocycles. The molecule has 19 heavy (non-hydrogen) atoms. The highest BCUT2D eigenvalue weighted by atomic mass is 16.5. The van der Waals surface area contributed by atoms with Crippen molar-refractivity contribution in [3.63, 3.8) is 0 Å². The lowest BCUT2D eigenvalue weighted by molar-refractivity contribution is 0.0599. The van der Waals surface area contributed by atoms with E-state index in [0.717, 1.165) is 0 Å². The van der Waals surface area contributed by atoms with Crippen LogP contribution in [0.2, 0.25) is 0 Å². The van der Waals surface area contributed by atoms with Crippen molar-refractivity contribution in [1.82, 2.24) is 14.5 Å². The molecule has 0 amide bonds. The lowest BCUT2D eigenvalue weighted by Crippen LogP contribution is -2.31. The van der Waals surface area contributed by atoms with Gasteiger partial charge in [-0.2, -0.15) is 0 Å². The van der Waals surface area contributed by atoms with Gasteiger partial charge in [-0.05, 0) is 19.9 Å². The highest BCUT2D eigenvalue weighted by molar-refractivity contribution is 5.94. The summed E-state index contributed by atoms with van der Waals surface area (Å²) in [4.78, 5) is 41.4. The van der Waals surface area contributed by atoms with Crippen molar-refractivity contribution in [1.29, 1.82) is 0 Å². The first-order valence-electron chi connectivity index (χ1n) is 5.72. The summed E-state index contributed by atoms with van der Waals surface area (Å²) >= 11 is 0. The predicted octanol–water partition coefficient (Wildman–Crippen LogP) is 0.200. The molecule has 0 fully saturated rings. The van der Waals surface area contributed by atoms with Crippen LogP contribution < -0.4 is 11.2 Å². The zero-order valence-electron chi connectivity index (χ0n) is 10.8. The number of aromatic amines is 1. The Morgan fingerprint density at radius 2 is 2.16 bits per heavy atom. The van der Waals surface area contributed by atoms with Gasteiger partial charge in [0.25, 0.3) is 5.56 Å². The molecule has 0 unspecified atom stereocenters. The van der Waals surface area contributed by atoms with E-state index in [2.05, 4.69) is 14.7 Å². The summed E-state index contributed by atoms with van der Waals surface area (Å²) in [7, 11) is 1.25. The normalized spacial score (nSPS) is 10.7. The molecule has 0 radical (unpaired) electrons. The number of aryl methyl sites for hydroxylation is 2. The summed E-state index contributed by atoms with van der Waals surface area (Å²) < 4.78 is 5.96. The van der Waals surface area contributed by atoms with E-state index in [0.29, 0.717) is 12.2 Å². The van der Waals surface area contributed by atoms with Crippen LogP contribution in [0.5, 0.6) is 0 Å². The molecule has 2 heterocycles. The van der Waals surface area contributed by atoms with Gasteiger partial charge >= 0.3 is 11.7 Å². The number of methoxy groups -OCH3 is 1. The third-order valence-electron chi connectivity index (χ3n) is 2.88. The number of rotatable bonds is 2. The number of hydrogen-bond donors (Lipinski definition) is 1. The van der Waals surface area contributed by atoms with Gasteiger partial charge in [-0.25, -0.2) is 14.6 Å². The standard InChI is InChI=1S/C12H13N3O4/c1-4-15-9-8(10(16)14-12(15)18)5-7(6(2)13-9)11(17)19-3/h5H,4H2,1-3H3,(H,14,16,18). The zero-order valence-corrected chi connectivity index (χ0v) is 10.8. The summed E-state index contributed by atoms with van der Waals surface area (Å²) in [6.45, 7) is 3.76. The first-order valence-corrected chi connectivity index (χ1v) is 5.72. The summed E-state index contributed by atoms with van der Waals surface area (Å²) in [5.41, 5.74) is -0.199. The van der Waals surface area contributed by atoms with Crippen LogP contribution in [-0.4, -0.2) is 27.6 Å². The molecule has 7 nitrogen and oxygen atoms in total. The third kappa shape index (κ3) is 2.03. The molecule has 2 rings (SSSR count). The molecule has 2 aromatic rings. The Hall–Kier alpha value is -2.44. The van der Waals surface area contributed by atoms with E-state index in [1.54, 1.807) is 13.8 Å². The molecule has 0 saturated carbocycles. The minimum absolute atomic E-state index is 0.187. The van der Waals surface area contributed by atoms with E-state index >= 15 is 0 Å². The molecule has 0 aliphatic heterocycles. The van der Waals surface area contributed by atoms with Gasteiger partial charge in [0.2, 0.25) is 0 Å². The van der Waals surface area contributed by atoms with Gasteiger partial charge in [-0.1, -0.05) is 0 Å². The zero-order chi connectivity index (χ0) is 14.2. The number of nitrogens with zero attached hydrogens (tertiary/aromatic N) is 2. The first kappa shape index (κ1) is 13.0. The maximum atomic E-state index is 11.8. The maximum absolute atomic E-state index is 11.8. The van der Waals surface area contributed by atoms with Gasteiger partial charge in [0.15, 0.2) is 0 Å². The summed E-state index contributed by atoms with van der Waals surface area (Å²) in [6, 6.07) is 1.40. The first-order chi connectivity index (χ1) is 8.99. The number of ether oxygens (including phenoxy) is 1. The van der Waals surface area contributed by atoms with Crippen molar-refractivity contribution in [3.8, 4) is 0 Å². The topological polar surface area (TPSA) is 94.1 Å². The van der Waals surface area contributed by atoms with E-state index in [1.807, 2.05) is 0 Å². The largest absolute Gasteiger partial charge is 0.465 e. The summed E-state index contributed by atoms with van der Waals surface area (Å²) in [5, 5.41) is 0.187. The fourth-order valence-corrected chi connectivity index (χ4v) is 1.90. The van der Waals surface area contributed by atoms with E-state index < -0.39 is 17.2 Å². The van der Waals surface area contributed by atoms with Gasteiger partial charge in [0, 0.05) is 6.54 Å². The van der Waals surface area contributed by atoms with Crippen molar-refractivity contribution in [2.24, 2.45) is 0 Å². The number of pyridine rings is 1. The second-order valence-electron chi connectivity index (χ2n) is 3.99. The molecule has 1 N–H and O–H groups in total. The molecular weight excluding hydrogens is 250 g/mol. The molecule has 0 aromatic carbocycles. The van der Waals surface area contributed by atoms with Gasteiger partial charge in [-0.3, -0.25) is 14.3 Å². The van der Waals surface area contributed by atoms with Crippen LogP contribution in [0.15, 0.2) is 15.7 Å². The number of H-pyrrole nitrogens is 1. The Morgan fingerprint density at radius 1 is 1.47 bits per heavy atom. The average Bonchev–Trinajstić information content (AvgIpc) is 2.37. The van der Waals surface area contributed by atoms with Crippen LogP contribution in [0.4, 0.5) is 0 Å². The highest BCUT2D eigenvalue weighted by Gasteiger charge is 2.15. The Kier molecular flexibility index (Phi) is 3.20. The maximum Gasteiger partial charge on any atom is 0.339 e. The van der Waals surface area contributed by atoms with Gasteiger partial charge in [0.1, 0.15) is 5.65 Å². The molecule has 0 spiro atoms. The van der Waals surface area contributed by atoms with E-state index in [1.165, 1.54) is 17.7 Å². The van der Waals surface area contributed by atoms with Crippen LogP contribution >= 0.6 is 0 Å². The fraction of sp³-hybridized carbons (Fsp3) is 0.333. The lowest BCUT2D eigenvalue weighted by atomic mass is 10.1. The van der Waals surface area contributed by atoms with Crippen molar-refractivity contribution >= 4 is 17.0 Å². The lowest BCUT2D eigenvalue weighted by Gasteiger charge is -2.09. The minimum atomic E-state index is -0.569. The Balaban J connectivity index is 2.93. The monoisotopic (exact) mass is 263 g/mol. The van der Waals surface area contributed by atoms with Crippen LogP contribution in [0, 0.1) is 6.92 Å². The van der Waals surface area contributed by atoms with Crippen LogP contribution in [0.3, 0.4) is 0 Å². The van der Waals surface area contributed by atoms with E-state index in [9.17, 15) is 14.4 Å². The second kappa shape index (κ2) is 4.68. The molecule has 0 aliphatic rings. The van der Waals surface area contributed by atoms with Crippen LogP contribution in [0.1, 0.15) is 23.0 Å². The quantitative estimate of drug-likeness (QED) is 0.781. The molecule has 7 heteroatoms. The molecular formula is C12H13N3O4. The number of esters is 1. The number of hydrogen-bond acceptors (Lipinski definition) is 5. The van der Waals surface area contributed by atoms with Gasteiger partial charge in [0.05, 0.1) is 23.8 Å². The number of fused-ring (bicyclic) bond motifs is 1. The molecule has 0 atom stereocenters. The number of carbonyl (C=O) groups excluding carboxylic acids is 1. The Labute approximate surface area is 107 Å². The van der Waals surface area contributed by atoms with Crippen molar-refractivity contribution in [2.45, 2.75) is 20.4 Å². The number of carbonyl (C=O) groups is 1. The van der Waals surface area contributed by atoms with E-state index in [4.69, 9.17) is 0 Å². The smallest absolute Gasteiger partial charge is 0.339 e. The van der Waals surface area contributed by atoms with Gasteiger partial charge < -0.3 is 4.74 Å².